The number of nitrogens with one attached hydrogen (secondary N) is 1. The maximum absolute atomic E-state index is 12.6. The van der Waals surface area contributed by atoms with E-state index in [0.717, 1.165) is 6.07 Å². The van der Waals surface area contributed by atoms with Crippen molar-refractivity contribution < 1.29 is 19.2 Å². The summed E-state index contributed by atoms with van der Waals surface area (Å²) in [7, 11) is 0. The third-order valence-electron chi connectivity index (χ3n) is 4.26. The molecule has 3 aromatic rings. The molecule has 1 amide bonds. The first-order valence-corrected chi connectivity index (χ1v) is 9.27. The standard InChI is InChI=1S/C20H17ClN4O5/c1-3-30-20(27)17-11-22-24(12(17)2)14-6-4-5-13(9-14)23-19(26)16-10-15(25(28)29)7-8-18(16)21/h4-11H,3H2,1-2H3,(H,23,26). The molecule has 0 radical (unpaired) electrons. The minimum Gasteiger partial charge on any atom is -0.462 e. The number of esters is 1. The minimum absolute atomic E-state index is 0.0175. The van der Waals surface area contributed by atoms with E-state index in [9.17, 15) is 19.7 Å². The molecule has 0 aliphatic heterocycles. The van der Waals surface area contributed by atoms with Crippen LogP contribution < -0.4 is 5.32 Å². The third kappa shape index (κ3) is 4.31. The first kappa shape index (κ1) is 21.0. The number of benzene rings is 2. The zero-order chi connectivity index (χ0) is 21.8. The average molecular weight is 429 g/mol. The number of rotatable bonds is 6. The summed E-state index contributed by atoms with van der Waals surface area (Å²) >= 11 is 6.03. The summed E-state index contributed by atoms with van der Waals surface area (Å²) in [5, 5.41) is 17.9. The number of halogens is 1. The Labute approximate surface area is 176 Å². The normalized spacial score (nSPS) is 10.5. The summed E-state index contributed by atoms with van der Waals surface area (Å²) < 4.78 is 6.56. The summed E-state index contributed by atoms with van der Waals surface area (Å²) in [6.07, 6.45) is 1.42. The molecule has 0 fully saturated rings. The van der Waals surface area contributed by atoms with Crippen molar-refractivity contribution in [3.63, 3.8) is 0 Å². The lowest BCUT2D eigenvalue weighted by Gasteiger charge is -2.10. The molecule has 0 atom stereocenters. The van der Waals surface area contributed by atoms with Gasteiger partial charge in [0.1, 0.15) is 5.56 Å². The summed E-state index contributed by atoms with van der Waals surface area (Å²) in [6.45, 7) is 3.70. The zero-order valence-corrected chi connectivity index (χ0v) is 16.8. The Balaban J connectivity index is 1.87. The van der Waals surface area contributed by atoms with Gasteiger partial charge in [-0.3, -0.25) is 14.9 Å². The van der Waals surface area contributed by atoms with E-state index >= 15 is 0 Å². The summed E-state index contributed by atoms with van der Waals surface area (Å²) in [6, 6.07) is 10.4. The number of non-ortho nitro benzene ring substituents is 1. The van der Waals surface area contributed by atoms with Gasteiger partial charge in [-0.25, -0.2) is 9.48 Å². The summed E-state index contributed by atoms with van der Waals surface area (Å²) in [4.78, 5) is 34.9. The lowest BCUT2D eigenvalue weighted by molar-refractivity contribution is -0.384. The Bertz CT molecular complexity index is 1140. The van der Waals surface area contributed by atoms with Crippen molar-refractivity contribution in [1.82, 2.24) is 9.78 Å². The SMILES string of the molecule is CCOC(=O)c1cnn(-c2cccc(NC(=O)c3cc([N+](=O)[O-])ccc3Cl)c2)c1C. The van der Waals surface area contributed by atoms with Crippen molar-refractivity contribution in [2.24, 2.45) is 0 Å². The molecule has 0 bridgehead atoms. The fourth-order valence-corrected chi connectivity index (χ4v) is 3.00. The van der Waals surface area contributed by atoms with Crippen LogP contribution in [0.1, 0.15) is 33.3 Å². The van der Waals surface area contributed by atoms with Gasteiger partial charge in [0.2, 0.25) is 0 Å². The van der Waals surface area contributed by atoms with E-state index in [2.05, 4.69) is 10.4 Å². The highest BCUT2D eigenvalue weighted by Crippen LogP contribution is 2.24. The zero-order valence-electron chi connectivity index (χ0n) is 16.1. The molecule has 2 aromatic carbocycles. The van der Waals surface area contributed by atoms with Crippen molar-refractivity contribution in [2.45, 2.75) is 13.8 Å². The number of amides is 1. The highest BCUT2D eigenvalue weighted by molar-refractivity contribution is 6.34. The van der Waals surface area contributed by atoms with Gasteiger partial charge in [-0.15, -0.1) is 0 Å². The van der Waals surface area contributed by atoms with E-state index < -0.39 is 16.8 Å². The number of carbonyl (C=O) groups is 2. The molecule has 9 nitrogen and oxygen atoms in total. The second kappa shape index (κ2) is 8.75. The molecule has 3 rings (SSSR count). The number of ether oxygens (including phenoxy) is 1. The van der Waals surface area contributed by atoms with Crippen molar-refractivity contribution in [2.75, 3.05) is 11.9 Å². The van der Waals surface area contributed by atoms with Crippen LogP contribution in [0.25, 0.3) is 5.69 Å². The molecule has 0 saturated carbocycles. The molecule has 0 aliphatic rings. The first-order chi connectivity index (χ1) is 14.3. The lowest BCUT2D eigenvalue weighted by Crippen LogP contribution is -2.13. The number of hydrogen-bond acceptors (Lipinski definition) is 6. The molecular formula is C20H17ClN4O5. The van der Waals surface area contributed by atoms with E-state index in [1.807, 2.05) is 0 Å². The molecule has 30 heavy (non-hydrogen) atoms. The van der Waals surface area contributed by atoms with Crippen LogP contribution in [0.5, 0.6) is 0 Å². The fraction of sp³-hybridized carbons (Fsp3) is 0.150. The number of nitrogens with zero attached hydrogens (tertiary/aromatic N) is 3. The van der Waals surface area contributed by atoms with Crippen LogP contribution >= 0.6 is 11.6 Å². The second-order valence-corrected chi connectivity index (χ2v) is 6.61. The number of aromatic nitrogens is 2. The number of nitro groups is 1. The number of carbonyl (C=O) groups excluding carboxylic acids is 2. The Morgan fingerprint density at radius 2 is 2.00 bits per heavy atom. The van der Waals surface area contributed by atoms with Crippen molar-refractivity contribution >= 4 is 34.9 Å². The second-order valence-electron chi connectivity index (χ2n) is 6.20. The molecule has 154 valence electrons. The lowest BCUT2D eigenvalue weighted by atomic mass is 10.1. The smallest absolute Gasteiger partial charge is 0.341 e. The van der Waals surface area contributed by atoms with Crippen molar-refractivity contribution in [1.29, 1.82) is 0 Å². The van der Waals surface area contributed by atoms with Crippen LogP contribution in [0.3, 0.4) is 0 Å². The number of anilines is 1. The van der Waals surface area contributed by atoms with Crippen LogP contribution in [0.2, 0.25) is 5.02 Å². The van der Waals surface area contributed by atoms with E-state index in [1.165, 1.54) is 18.3 Å². The Hall–Kier alpha value is -3.72. The van der Waals surface area contributed by atoms with Gasteiger partial charge >= 0.3 is 5.97 Å². The molecule has 1 heterocycles. The maximum Gasteiger partial charge on any atom is 0.341 e. The first-order valence-electron chi connectivity index (χ1n) is 8.89. The Kier molecular flexibility index (Phi) is 6.12. The Morgan fingerprint density at radius 3 is 2.70 bits per heavy atom. The van der Waals surface area contributed by atoms with Crippen molar-refractivity contribution in [3.8, 4) is 5.69 Å². The minimum atomic E-state index is -0.602. The summed E-state index contributed by atoms with van der Waals surface area (Å²) in [5.74, 6) is -1.06. The molecular weight excluding hydrogens is 412 g/mol. The van der Waals surface area contributed by atoms with E-state index in [4.69, 9.17) is 16.3 Å². The molecule has 1 N–H and O–H groups in total. The van der Waals surface area contributed by atoms with Gasteiger partial charge in [0.15, 0.2) is 0 Å². The molecule has 0 spiro atoms. The maximum atomic E-state index is 12.6. The van der Waals surface area contributed by atoms with Crippen LogP contribution in [0.4, 0.5) is 11.4 Å². The predicted molar refractivity (Wildman–Crippen MR) is 110 cm³/mol. The third-order valence-corrected chi connectivity index (χ3v) is 4.59. The molecule has 0 aliphatic carbocycles. The van der Waals surface area contributed by atoms with Crippen LogP contribution in [-0.2, 0) is 4.74 Å². The molecule has 10 heteroatoms. The fourth-order valence-electron chi connectivity index (χ4n) is 2.79. The van der Waals surface area contributed by atoms with Crippen LogP contribution in [0.15, 0.2) is 48.7 Å². The number of nitro benzene ring substituents is 1. The molecule has 0 saturated heterocycles. The van der Waals surface area contributed by atoms with Gasteiger partial charge in [0.25, 0.3) is 11.6 Å². The van der Waals surface area contributed by atoms with Gasteiger partial charge in [-0.1, -0.05) is 17.7 Å². The monoisotopic (exact) mass is 428 g/mol. The van der Waals surface area contributed by atoms with Gasteiger partial charge in [-0.05, 0) is 38.1 Å². The topological polar surface area (TPSA) is 116 Å². The Morgan fingerprint density at radius 1 is 1.23 bits per heavy atom. The van der Waals surface area contributed by atoms with Gasteiger partial charge in [-0.2, -0.15) is 5.10 Å². The summed E-state index contributed by atoms with van der Waals surface area (Å²) in [5.41, 5.74) is 1.69. The number of hydrogen-bond donors (Lipinski definition) is 1. The van der Waals surface area contributed by atoms with Crippen LogP contribution in [-0.4, -0.2) is 33.2 Å². The highest BCUT2D eigenvalue weighted by atomic mass is 35.5. The van der Waals surface area contributed by atoms with Gasteiger partial charge < -0.3 is 10.1 Å². The van der Waals surface area contributed by atoms with Crippen molar-refractivity contribution in [3.05, 3.63) is 80.6 Å². The largest absolute Gasteiger partial charge is 0.462 e. The highest BCUT2D eigenvalue weighted by Gasteiger charge is 2.18. The van der Waals surface area contributed by atoms with E-state index in [-0.39, 0.29) is 22.9 Å². The van der Waals surface area contributed by atoms with Gasteiger partial charge in [0, 0.05) is 17.8 Å². The predicted octanol–water partition coefficient (Wildman–Crippen LogP) is 4.17. The van der Waals surface area contributed by atoms with Crippen LogP contribution in [0, 0.1) is 17.0 Å². The van der Waals surface area contributed by atoms with Gasteiger partial charge in [0.05, 0.1) is 39.7 Å². The quantitative estimate of drug-likeness (QED) is 0.357. The van der Waals surface area contributed by atoms with E-state index in [1.54, 1.807) is 42.8 Å². The molecule has 1 aromatic heterocycles. The molecule has 0 unspecified atom stereocenters. The van der Waals surface area contributed by atoms with E-state index in [0.29, 0.717) is 22.6 Å². The average Bonchev–Trinajstić information content (AvgIpc) is 3.10.